The van der Waals surface area contributed by atoms with E-state index in [1.54, 1.807) is 18.7 Å². The van der Waals surface area contributed by atoms with Gasteiger partial charge < -0.3 is 15.7 Å². The van der Waals surface area contributed by atoms with E-state index >= 15 is 0 Å². The first kappa shape index (κ1) is 15.1. The van der Waals surface area contributed by atoms with E-state index in [0.29, 0.717) is 6.54 Å². The number of nitrogens with zero attached hydrogens (tertiary/aromatic N) is 4. The van der Waals surface area contributed by atoms with Crippen LogP contribution in [0.2, 0.25) is 0 Å². The summed E-state index contributed by atoms with van der Waals surface area (Å²) in [5, 5.41) is 21.0. The van der Waals surface area contributed by atoms with Crippen LogP contribution in [-0.2, 0) is 0 Å². The number of aromatic nitrogens is 2. The van der Waals surface area contributed by atoms with E-state index in [1.165, 1.54) is 6.92 Å². The van der Waals surface area contributed by atoms with Crippen molar-refractivity contribution >= 4 is 17.5 Å². The number of aliphatic hydroxyl groups is 1. The largest absolute Gasteiger partial charge is 0.389 e. The molecule has 0 aliphatic rings. The van der Waals surface area contributed by atoms with E-state index in [0.717, 1.165) is 0 Å². The van der Waals surface area contributed by atoms with Crippen LogP contribution in [0.4, 0.5) is 17.5 Å². The minimum Gasteiger partial charge on any atom is -0.389 e. The number of aryl methyl sites for hydroxylation is 1. The molecule has 106 valence electrons. The van der Waals surface area contributed by atoms with E-state index in [-0.39, 0.29) is 29.7 Å². The van der Waals surface area contributed by atoms with Crippen LogP contribution in [0.25, 0.3) is 0 Å². The molecule has 0 amide bonds. The summed E-state index contributed by atoms with van der Waals surface area (Å²) < 4.78 is 0. The molecule has 0 saturated carbocycles. The molecule has 0 bridgehead atoms. The second-order valence-corrected chi connectivity index (χ2v) is 4.92. The summed E-state index contributed by atoms with van der Waals surface area (Å²) in [6.07, 6.45) is 0. The number of nitrogens with two attached hydrogens (primary N) is 1. The summed E-state index contributed by atoms with van der Waals surface area (Å²) >= 11 is 0. The van der Waals surface area contributed by atoms with Crippen molar-refractivity contribution in [2.24, 2.45) is 0 Å². The highest BCUT2D eigenvalue weighted by Gasteiger charge is 2.28. The van der Waals surface area contributed by atoms with Gasteiger partial charge in [-0.3, -0.25) is 10.1 Å². The Morgan fingerprint density at radius 2 is 2.05 bits per heavy atom. The Balaban J connectivity index is 3.33. The average molecular weight is 269 g/mol. The van der Waals surface area contributed by atoms with E-state index in [2.05, 4.69) is 9.97 Å². The van der Waals surface area contributed by atoms with Gasteiger partial charge in [-0.2, -0.15) is 4.98 Å². The number of rotatable bonds is 5. The molecule has 0 aliphatic carbocycles. The van der Waals surface area contributed by atoms with E-state index in [4.69, 9.17) is 5.73 Å². The Morgan fingerprint density at radius 1 is 1.47 bits per heavy atom. The Morgan fingerprint density at radius 3 is 2.47 bits per heavy atom. The summed E-state index contributed by atoms with van der Waals surface area (Å²) in [4.78, 5) is 20.0. The van der Waals surface area contributed by atoms with E-state index < -0.39 is 10.5 Å². The number of hydrogen-bond acceptors (Lipinski definition) is 7. The minimum absolute atomic E-state index is 0.0210. The molecule has 1 rings (SSSR count). The van der Waals surface area contributed by atoms with Gasteiger partial charge in [0.25, 0.3) is 0 Å². The zero-order valence-electron chi connectivity index (χ0n) is 11.5. The molecule has 0 unspecified atom stereocenters. The first-order valence-electron chi connectivity index (χ1n) is 5.91. The zero-order chi connectivity index (χ0) is 14.8. The van der Waals surface area contributed by atoms with Crippen LogP contribution in [0.1, 0.15) is 26.5 Å². The van der Waals surface area contributed by atoms with Crippen molar-refractivity contribution in [2.45, 2.75) is 33.3 Å². The monoisotopic (exact) mass is 269 g/mol. The molecule has 0 atom stereocenters. The summed E-state index contributed by atoms with van der Waals surface area (Å²) in [5.74, 6) is 0.118. The number of likely N-dealkylation sites (N-methyl/N-ethyl adjacent to an activating group) is 1. The first-order chi connectivity index (χ1) is 8.65. The molecule has 0 spiro atoms. The molecule has 1 aromatic rings. The van der Waals surface area contributed by atoms with Gasteiger partial charge in [0.1, 0.15) is 5.69 Å². The Kier molecular flexibility index (Phi) is 4.25. The van der Waals surface area contributed by atoms with Crippen LogP contribution in [0, 0.1) is 17.0 Å². The molecule has 0 aliphatic heterocycles. The summed E-state index contributed by atoms with van der Waals surface area (Å²) in [6.45, 7) is 7.25. The molecule has 8 nitrogen and oxygen atoms in total. The third-order valence-corrected chi connectivity index (χ3v) is 2.50. The van der Waals surface area contributed by atoms with Crippen LogP contribution >= 0.6 is 0 Å². The lowest BCUT2D eigenvalue weighted by atomic mass is 10.1. The molecular weight excluding hydrogens is 250 g/mol. The maximum atomic E-state index is 11.1. The molecule has 1 aromatic heterocycles. The second kappa shape index (κ2) is 5.35. The molecule has 0 radical (unpaired) electrons. The average Bonchev–Trinajstić information content (AvgIpc) is 2.22. The highest BCUT2D eigenvalue weighted by molar-refractivity contribution is 5.62. The highest BCUT2D eigenvalue weighted by Crippen LogP contribution is 2.29. The van der Waals surface area contributed by atoms with Crippen LogP contribution < -0.4 is 10.6 Å². The van der Waals surface area contributed by atoms with Gasteiger partial charge in [-0.1, -0.05) is 0 Å². The summed E-state index contributed by atoms with van der Waals surface area (Å²) in [6, 6.07) is 0. The summed E-state index contributed by atoms with van der Waals surface area (Å²) in [5.41, 5.74) is 4.58. The highest BCUT2D eigenvalue weighted by atomic mass is 16.6. The molecule has 0 aromatic carbocycles. The second-order valence-electron chi connectivity index (χ2n) is 4.92. The van der Waals surface area contributed by atoms with Gasteiger partial charge in [0.15, 0.2) is 0 Å². The third-order valence-electron chi connectivity index (χ3n) is 2.50. The lowest BCUT2D eigenvalue weighted by molar-refractivity contribution is -0.385. The number of nitrogen functional groups attached to an aromatic ring is 1. The van der Waals surface area contributed by atoms with E-state index in [9.17, 15) is 15.2 Å². The van der Waals surface area contributed by atoms with Crippen molar-refractivity contribution in [3.05, 3.63) is 15.8 Å². The molecule has 0 saturated heterocycles. The molecule has 0 fully saturated rings. The van der Waals surface area contributed by atoms with Crippen LogP contribution in [0.3, 0.4) is 0 Å². The number of hydrogen-bond donors (Lipinski definition) is 2. The van der Waals surface area contributed by atoms with Crippen LogP contribution in [-0.4, -0.2) is 38.7 Å². The first-order valence-corrected chi connectivity index (χ1v) is 5.91. The lowest BCUT2D eigenvalue weighted by Gasteiger charge is -2.28. The Hall–Kier alpha value is -1.96. The van der Waals surface area contributed by atoms with Crippen LogP contribution in [0.5, 0.6) is 0 Å². The maximum Gasteiger partial charge on any atom is 0.332 e. The van der Waals surface area contributed by atoms with E-state index in [1.807, 2.05) is 6.92 Å². The molecular formula is C11H19N5O3. The number of anilines is 2. The van der Waals surface area contributed by atoms with Gasteiger partial charge in [-0.15, -0.1) is 0 Å². The molecule has 19 heavy (non-hydrogen) atoms. The van der Waals surface area contributed by atoms with Crippen molar-refractivity contribution < 1.29 is 10.0 Å². The third kappa shape index (κ3) is 3.75. The fourth-order valence-electron chi connectivity index (χ4n) is 1.81. The predicted octanol–water partition coefficient (Wildman–Crippen LogP) is 0.873. The smallest absolute Gasteiger partial charge is 0.332 e. The van der Waals surface area contributed by atoms with Gasteiger partial charge in [0, 0.05) is 13.1 Å². The normalized spacial score (nSPS) is 11.4. The lowest BCUT2D eigenvalue weighted by Crippen LogP contribution is -2.39. The van der Waals surface area contributed by atoms with Crippen molar-refractivity contribution in [1.29, 1.82) is 0 Å². The molecule has 8 heteroatoms. The van der Waals surface area contributed by atoms with Crippen LogP contribution in [0.15, 0.2) is 0 Å². The van der Waals surface area contributed by atoms with Gasteiger partial charge in [-0.05, 0) is 27.7 Å². The topological polar surface area (TPSA) is 118 Å². The van der Waals surface area contributed by atoms with Gasteiger partial charge in [-0.25, -0.2) is 4.98 Å². The van der Waals surface area contributed by atoms with Crippen molar-refractivity contribution in [3.63, 3.8) is 0 Å². The Labute approximate surface area is 111 Å². The fraction of sp³-hybridized carbons (Fsp3) is 0.636. The molecule has 1 heterocycles. The number of nitro groups is 1. The van der Waals surface area contributed by atoms with Gasteiger partial charge >= 0.3 is 5.69 Å². The van der Waals surface area contributed by atoms with Gasteiger partial charge in [0.2, 0.25) is 11.8 Å². The van der Waals surface area contributed by atoms with Crippen molar-refractivity contribution in [1.82, 2.24) is 9.97 Å². The van der Waals surface area contributed by atoms with Crippen molar-refractivity contribution in [3.8, 4) is 0 Å². The van der Waals surface area contributed by atoms with Gasteiger partial charge in [0.05, 0.1) is 10.5 Å². The zero-order valence-corrected chi connectivity index (χ0v) is 11.5. The Bertz CT molecular complexity index is 484. The van der Waals surface area contributed by atoms with Crippen molar-refractivity contribution in [2.75, 3.05) is 23.7 Å². The molecule has 3 N–H and O–H groups in total. The SMILES string of the molecule is CCN(CC(C)(C)O)c1nc(N)nc(C)c1[N+](=O)[O-]. The maximum absolute atomic E-state index is 11.1. The predicted molar refractivity (Wildman–Crippen MR) is 72.0 cm³/mol. The standard InChI is InChI=1S/C11H19N5O3/c1-5-15(6-11(3,4)17)9-8(16(18)19)7(2)13-10(12)14-9/h17H,5-6H2,1-4H3,(H2,12,13,14). The quantitative estimate of drug-likeness (QED) is 0.601. The fourth-order valence-corrected chi connectivity index (χ4v) is 1.81. The summed E-state index contributed by atoms with van der Waals surface area (Å²) in [7, 11) is 0. The minimum atomic E-state index is -1.00.